The Morgan fingerprint density at radius 1 is 1.31 bits per heavy atom. The van der Waals surface area contributed by atoms with Crippen LogP contribution in [0.4, 0.5) is 0 Å². The molecule has 1 amide bonds. The molecule has 0 aromatic heterocycles. The Labute approximate surface area is 152 Å². The first-order chi connectivity index (χ1) is 12.3. The highest BCUT2D eigenvalue weighted by molar-refractivity contribution is 5.97. The molecule has 0 unspecified atom stereocenters. The monoisotopic (exact) mass is 363 g/mol. The molecule has 142 valence electrons. The number of carbonyl (C=O) groups is 1. The molecule has 2 rings (SSSR count). The smallest absolute Gasteiger partial charge is 0.247 e. The lowest BCUT2D eigenvalue weighted by molar-refractivity contribution is -0.124. The molecule has 0 spiro atoms. The second kappa shape index (κ2) is 8.84. The Morgan fingerprint density at radius 3 is 2.65 bits per heavy atom. The van der Waals surface area contributed by atoms with E-state index in [9.17, 15) is 25.2 Å². The zero-order chi connectivity index (χ0) is 19.3. The molecule has 7 nitrogen and oxygen atoms in total. The van der Waals surface area contributed by atoms with Crippen molar-refractivity contribution in [2.24, 2.45) is 0 Å². The lowest BCUT2D eigenvalue weighted by Crippen LogP contribution is -2.58. The first-order valence-corrected chi connectivity index (χ1v) is 8.43. The quantitative estimate of drug-likeness (QED) is 0.375. The summed E-state index contributed by atoms with van der Waals surface area (Å²) in [6.07, 6.45) is 0.580. The van der Waals surface area contributed by atoms with Crippen LogP contribution < -0.4 is 10.1 Å². The molecule has 1 aliphatic rings. The lowest BCUT2D eigenvalue weighted by atomic mass is 9.87. The summed E-state index contributed by atoms with van der Waals surface area (Å²) < 4.78 is 5.28. The van der Waals surface area contributed by atoms with E-state index in [1.807, 2.05) is 0 Å². The van der Waals surface area contributed by atoms with Gasteiger partial charge in [-0.3, -0.25) is 4.79 Å². The Kier molecular flexibility index (Phi) is 6.79. The number of hydrogen-bond donors (Lipinski definition) is 5. The number of hydrogen-bond acceptors (Lipinski definition) is 6. The molecule has 1 fully saturated rings. The van der Waals surface area contributed by atoms with Crippen LogP contribution in [0.1, 0.15) is 25.3 Å². The molecule has 0 radical (unpaired) electrons. The van der Waals surface area contributed by atoms with Crippen LogP contribution in [0.2, 0.25) is 0 Å². The summed E-state index contributed by atoms with van der Waals surface area (Å²) in [6, 6.07) is 3.80. The molecular weight excluding hydrogens is 338 g/mol. The molecule has 0 heterocycles. The summed E-state index contributed by atoms with van der Waals surface area (Å²) in [4.78, 5) is 12.3. The fourth-order valence-electron chi connectivity index (χ4n) is 2.82. The summed E-state index contributed by atoms with van der Waals surface area (Å²) in [5, 5.41) is 42.1. The van der Waals surface area contributed by atoms with Gasteiger partial charge < -0.3 is 30.5 Å². The number of aromatic hydroxyl groups is 1. The van der Waals surface area contributed by atoms with Crippen molar-refractivity contribution in [1.82, 2.24) is 5.32 Å². The van der Waals surface area contributed by atoms with Crippen LogP contribution >= 0.6 is 0 Å². The van der Waals surface area contributed by atoms with Crippen molar-refractivity contribution in [2.75, 3.05) is 6.61 Å². The highest BCUT2D eigenvalue weighted by Crippen LogP contribution is 2.28. The summed E-state index contributed by atoms with van der Waals surface area (Å²) in [5.74, 6) is -0.227. The van der Waals surface area contributed by atoms with Gasteiger partial charge in [-0.05, 0) is 43.5 Å². The normalized spacial score (nSPS) is 26.2. The number of phenols is 1. The predicted octanol–water partition coefficient (Wildman–Crippen LogP) is 0.722. The van der Waals surface area contributed by atoms with E-state index in [2.05, 4.69) is 11.9 Å². The third-order valence-electron chi connectivity index (χ3n) is 4.31. The first kappa shape index (κ1) is 20.0. The van der Waals surface area contributed by atoms with Gasteiger partial charge in [-0.1, -0.05) is 18.7 Å². The second-order valence-corrected chi connectivity index (χ2v) is 6.36. The summed E-state index contributed by atoms with van der Waals surface area (Å²) in [6.45, 7) is 5.37. The number of nitrogens with one attached hydrogen (secondary N) is 1. The molecule has 1 saturated carbocycles. The number of amides is 1. The van der Waals surface area contributed by atoms with E-state index >= 15 is 0 Å². The Bertz CT molecular complexity index is 687. The van der Waals surface area contributed by atoms with Crippen LogP contribution in [0.15, 0.2) is 36.4 Å². The van der Waals surface area contributed by atoms with Crippen molar-refractivity contribution in [3.63, 3.8) is 0 Å². The van der Waals surface area contributed by atoms with Crippen LogP contribution in [0.3, 0.4) is 0 Å². The van der Waals surface area contributed by atoms with E-state index in [-0.39, 0.29) is 18.8 Å². The highest BCUT2D eigenvalue weighted by Gasteiger charge is 2.37. The van der Waals surface area contributed by atoms with E-state index in [0.29, 0.717) is 23.3 Å². The Hall–Kier alpha value is -2.35. The van der Waals surface area contributed by atoms with E-state index in [4.69, 9.17) is 4.74 Å². The second-order valence-electron chi connectivity index (χ2n) is 6.36. The van der Waals surface area contributed by atoms with Crippen molar-refractivity contribution in [3.05, 3.63) is 42.0 Å². The largest absolute Gasteiger partial charge is 0.504 e. The minimum atomic E-state index is -1.22. The SMILES string of the molecule is C=CCOc1ccc(/C=C(\C)C(=O)N[C@@H]2[C@H](O)[C@@H](O)CC[C@@H]2O)cc1O. The molecule has 26 heavy (non-hydrogen) atoms. The van der Waals surface area contributed by atoms with Gasteiger partial charge in [0.1, 0.15) is 12.7 Å². The summed E-state index contributed by atoms with van der Waals surface area (Å²) in [5.41, 5.74) is 0.912. The average Bonchev–Trinajstić information content (AvgIpc) is 2.61. The maximum absolute atomic E-state index is 12.3. The third-order valence-corrected chi connectivity index (χ3v) is 4.31. The number of rotatable bonds is 6. The van der Waals surface area contributed by atoms with Gasteiger partial charge in [0.2, 0.25) is 5.91 Å². The van der Waals surface area contributed by atoms with Crippen LogP contribution in [-0.2, 0) is 4.79 Å². The lowest BCUT2D eigenvalue weighted by Gasteiger charge is -2.36. The van der Waals surface area contributed by atoms with Gasteiger partial charge in [0.15, 0.2) is 11.5 Å². The molecule has 5 N–H and O–H groups in total. The van der Waals surface area contributed by atoms with Gasteiger partial charge in [0, 0.05) is 5.57 Å². The summed E-state index contributed by atoms with van der Waals surface area (Å²) in [7, 11) is 0. The Morgan fingerprint density at radius 2 is 2.00 bits per heavy atom. The first-order valence-electron chi connectivity index (χ1n) is 8.43. The number of benzene rings is 1. The third kappa shape index (κ3) is 4.85. The highest BCUT2D eigenvalue weighted by atomic mass is 16.5. The van der Waals surface area contributed by atoms with Gasteiger partial charge in [0.25, 0.3) is 0 Å². The fourth-order valence-corrected chi connectivity index (χ4v) is 2.82. The predicted molar refractivity (Wildman–Crippen MR) is 96.6 cm³/mol. The van der Waals surface area contributed by atoms with Gasteiger partial charge >= 0.3 is 0 Å². The molecule has 7 heteroatoms. The van der Waals surface area contributed by atoms with E-state index in [0.717, 1.165) is 0 Å². The van der Waals surface area contributed by atoms with Gasteiger partial charge in [-0.25, -0.2) is 0 Å². The minimum absolute atomic E-state index is 0.0601. The molecule has 1 aromatic rings. The van der Waals surface area contributed by atoms with Crippen LogP contribution in [0, 0.1) is 0 Å². The number of aliphatic hydroxyl groups is 3. The zero-order valence-corrected chi connectivity index (χ0v) is 14.6. The molecule has 0 bridgehead atoms. The van der Waals surface area contributed by atoms with E-state index < -0.39 is 30.3 Å². The topological polar surface area (TPSA) is 119 Å². The van der Waals surface area contributed by atoms with Crippen molar-refractivity contribution >= 4 is 12.0 Å². The molecule has 0 aliphatic heterocycles. The molecule has 0 saturated heterocycles. The van der Waals surface area contributed by atoms with Gasteiger partial charge in [-0.15, -0.1) is 0 Å². The maximum Gasteiger partial charge on any atom is 0.247 e. The maximum atomic E-state index is 12.3. The van der Waals surface area contributed by atoms with Crippen molar-refractivity contribution in [2.45, 2.75) is 44.1 Å². The van der Waals surface area contributed by atoms with Crippen molar-refractivity contribution < 1.29 is 30.0 Å². The minimum Gasteiger partial charge on any atom is -0.504 e. The molecule has 1 aliphatic carbocycles. The van der Waals surface area contributed by atoms with E-state index in [1.165, 1.54) is 6.07 Å². The summed E-state index contributed by atoms with van der Waals surface area (Å²) >= 11 is 0. The van der Waals surface area contributed by atoms with Crippen molar-refractivity contribution in [1.29, 1.82) is 0 Å². The van der Waals surface area contributed by atoms with E-state index in [1.54, 1.807) is 31.2 Å². The van der Waals surface area contributed by atoms with Crippen LogP contribution in [0.25, 0.3) is 6.08 Å². The molecule has 4 atom stereocenters. The van der Waals surface area contributed by atoms with Crippen LogP contribution in [0.5, 0.6) is 11.5 Å². The number of carbonyl (C=O) groups excluding carboxylic acids is 1. The zero-order valence-electron chi connectivity index (χ0n) is 14.6. The number of aliphatic hydroxyl groups excluding tert-OH is 3. The van der Waals surface area contributed by atoms with Crippen LogP contribution in [-0.4, -0.2) is 57.3 Å². The van der Waals surface area contributed by atoms with Crippen molar-refractivity contribution in [3.8, 4) is 11.5 Å². The molecular formula is C19H25NO6. The fraction of sp³-hybridized carbons (Fsp3) is 0.421. The Balaban J connectivity index is 2.07. The standard InChI is InChI=1S/C19H25NO6/c1-3-8-26-16-7-4-12(10-15(16)23)9-11(2)19(25)20-17-13(21)5-6-14(22)18(17)24/h3-4,7,9-10,13-14,17-18,21-24H,1,5-6,8H2,2H3,(H,20,25)/b11-9+/t13-,14-,17-,18+/m0/s1. The van der Waals surface area contributed by atoms with Gasteiger partial charge in [-0.2, -0.15) is 0 Å². The number of ether oxygens (including phenoxy) is 1. The molecule has 1 aromatic carbocycles. The van der Waals surface area contributed by atoms with Gasteiger partial charge in [0.05, 0.1) is 18.2 Å². The number of phenolic OH excluding ortho intramolecular Hbond substituents is 1. The average molecular weight is 363 g/mol.